The maximum Gasteiger partial charge on any atom is 0.188 e. The lowest BCUT2D eigenvalue weighted by Gasteiger charge is -2.30. The molecule has 24 heavy (non-hydrogen) atoms. The van der Waals surface area contributed by atoms with Gasteiger partial charge in [0.15, 0.2) is 5.90 Å². The number of halogens is 3. The molecule has 1 fully saturated rings. The zero-order valence-electron chi connectivity index (χ0n) is 14.1. The Labute approximate surface area is 153 Å². The molecule has 1 aliphatic rings. The Morgan fingerprint density at radius 3 is 2.67 bits per heavy atom. The summed E-state index contributed by atoms with van der Waals surface area (Å²) in [7, 11) is 0. The zero-order chi connectivity index (χ0) is 17.5. The van der Waals surface area contributed by atoms with Gasteiger partial charge in [-0.25, -0.2) is 4.39 Å². The van der Waals surface area contributed by atoms with Crippen LogP contribution >= 0.6 is 23.2 Å². The summed E-state index contributed by atoms with van der Waals surface area (Å²) in [5, 5.41) is 8.58. The fourth-order valence-corrected chi connectivity index (χ4v) is 3.59. The maximum atomic E-state index is 14.6. The molecule has 0 spiro atoms. The molecule has 2 rings (SSSR count). The predicted octanol–water partition coefficient (Wildman–Crippen LogP) is 5.59. The topological polar surface area (TPSA) is 36.3 Å². The first kappa shape index (κ1) is 19.3. The van der Waals surface area contributed by atoms with Crippen LogP contribution in [0.1, 0.15) is 50.5 Å². The minimum atomic E-state index is -0.426. The second-order valence-electron chi connectivity index (χ2n) is 6.05. The zero-order valence-corrected chi connectivity index (χ0v) is 15.6. The van der Waals surface area contributed by atoms with Crippen molar-refractivity contribution in [2.45, 2.75) is 44.9 Å². The summed E-state index contributed by atoms with van der Waals surface area (Å²) in [6.07, 6.45) is 4.74. The lowest BCUT2D eigenvalue weighted by molar-refractivity contribution is 0.304. The smallest absolute Gasteiger partial charge is 0.188 e. The van der Waals surface area contributed by atoms with Crippen molar-refractivity contribution in [3.63, 3.8) is 0 Å². The molecule has 1 atom stereocenters. The van der Waals surface area contributed by atoms with Crippen molar-refractivity contribution in [1.29, 1.82) is 5.41 Å². The second-order valence-corrected chi connectivity index (χ2v) is 6.84. The van der Waals surface area contributed by atoms with Crippen molar-refractivity contribution < 1.29 is 9.13 Å². The van der Waals surface area contributed by atoms with Gasteiger partial charge in [0, 0.05) is 24.5 Å². The molecule has 1 unspecified atom stereocenters. The van der Waals surface area contributed by atoms with Gasteiger partial charge in [-0.15, -0.1) is 11.6 Å². The van der Waals surface area contributed by atoms with Crippen LogP contribution in [-0.4, -0.2) is 31.5 Å². The van der Waals surface area contributed by atoms with E-state index in [1.807, 2.05) is 6.92 Å². The van der Waals surface area contributed by atoms with Crippen LogP contribution in [0.4, 0.5) is 10.1 Å². The quantitative estimate of drug-likeness (QED) is 0.383. The van der Waals surface area contributed by atoms with Crippen LogP contribution in [-0.2, 0) is 4.74 Å². The first-order valence-corrected chi connectivity index (χ1v) is 9.50. The van der Waals surface area contributed by atoms with Crippen molar-refractivity contribution in [3.8, 4) is 0 Å². The number of piperidine rings is 1. The molecular weight excluding hydrogens is 350 g/mol. The van der Waals surface area contributed by atoms with Gasteiger partial charge in [0.05, 0.1) is 23.2 Å². The lowest BCUT2D eigenvalue weighted by atomic mass is 9.92. The van der Waals surface area contributed by atoms with Crippen LogP contribution in [0.3, 0.4) is 0 Å². The van der Waals surface area contributed by atoms with Gasteiger partial charge in [0.2, 0.25) is 0 Å². The van der Waals surface area contributed by atoms with E-state index in [1.165, 1.54) is 12.5 Å². The SMILES string of the molecule is CCOC(=N)C(CCCCl)c1cc(N2CCCCC2)c(Cl)cc1F. The third-order valence-electron chi connectivity index (χ3n) is 4.38. The molecule has 1 N–H and O–H groups in total. The van der Waals surface area contributed by atoms with E-state index < -0.39 is 5.92 Å². The highest BCUT2D eigenvalue weighted by atomic mass is 35.5. The molecule has 134 valence electrons. The molecule has 1 aromatic rings. The van der Waals surface area contributed by atoms with Gasteiger partial charge >= 0.3 is 0 Å². The summed E-state index contributed by atoms with van der Waals surface area (Å²) >= 11 is 12.1. The van der Waals surface area contributed by atoms with Crippen molar-refractivity contribution in [1.82, 2.24) is 0 Å². The summed E-state index contributed by atoms with van der Waals surface area (Å²) < 4.78 is 19.9. The van der Waals surface area contributed by atoms with Gasteiger partial charge in [0.25, 0.3) is 0 Å². The van der Waals surface area contributed by atoms with E-state index in [9.17, 15) is 4.39 Å². The average molecular weight is 375 g/mol. The number of alkyl halides is 1. The number of hydrogen-bond donors (Lipinski definition) is 1. The molecule has 1 saturated heterocycles. The molecule has 6 heteroatoms. The Morgan fingerprint density at radius 1 is 1.33 bits per heavy atom. The first-order chi connectivity index (χ1) is 11.6. The van der Waals surface area contributed by atoms with E-state index in [1.54, 1.807) is 6.07 Å². The van der Waals surface area contributed by atoms with Crippen LogP contribution in [0.5, 0.6) is 0 Å². The van der Waals surface area contributed by atoms with Crippen molar-refractivity contribution in [3.05, 3.63) is 28.5 Å². The lowest BCUT2D eigenvalue weighted by Crippen LogP contribution is -2.30. The Kier molecular flexibility index (Phi) is 7.63. The Morgan fingerprint density at radius 2 is 2.04 bits per heavy atom. The van der Waals surface area contributed by atoms with Crippen LogP contribution in [0, 0.1) is 11.2 Å². The molecule has 3 nitrogen and oxygen atoms in total. The third-order valence-corrected chi connectivity index (χ3v) is 4.95. The van der Waals surface area contributed by atoms with Gasteiger partial charge in [-0.2, -0.15) is 0 Å². The number of ether oxygens (including phenoxy) is 1. The largest absolute Gasteiger partial charge is 0.481 e. The predicted molar refractivity (Wildman–Crippen MR) is 99.5 cm³/mol. The monoisotopic (exact) mass is 374 g/mol. The Hall–Kier alpha value is -1.00. The summed E-state index contributed by atoms with van der Waals surface area (Å²) in [4.78, 5) is 2.21. The van der Waals surface area contributed by atoms with E-state index in [0.29, 0.717) is 35.9 Å². The van der Waals surface area contributed by atoms with Crippen LogP contribution in [0.25, 0.3) is 0 Å². The highest BCUT2D eigenvalue weighted by Crippen LogP contribution is 2.35. The third kappa shape index (κ3) is 4.76. The maximum absolute atomic E-state index is 14.6. The Balaban J connectivity index is 2.35. The molecule has 0 saturated carbocycles. The molecule has 1 aromatic carbocycles. The second kappa shape index (κ2) is 9.47. The molecule has 1 heterocycles. The molecule has 0 bridgehead atoms. The number of anilines is 1. The van der Waals surface area contributed by atoms with E-state index in [-0.39, 0.29) is 11.7 Å². The summed E-state index contributed by atoms with van der Waals surface area (Å²) in [5.74, 6) is -0.243. The van der Waals surface area contributed by atoms with Crippen LogP contribution < -0.4 is 4.90 Å². The van der Waals surface area contributed by atoms with E-state index >= 15 is 0 Å². The number of nitrogens with zero attached hydrogens (tertiary/aromatic N) is 1. The first-order valence-electron chi connectivity index (χ1n) is 8.59. The summed E-state index contributed by atoms with van der Waals surface area (Å²) in [5.41, 5.74) is 1.33. The molecule has 0 amide bonds. The van der Waals surface area contributed by atoms with Crippen LogP contribution in [0.2, 0.25) is 5.02 Å². The van der Waals surface area contributed by atoms with Gasteiger partial charge in [0.1, 0.15) is 5.82 Å². The highest BCUT2D eigenvalue weighted by molar-refractivity contribution is 6.33. The average Bonchev–Trinajstić information content (AvgIpc) is 2.58. The molecule has 0 aromatic heterocycles. The molecular formula is C18H25Cl2FN2O. The van der Waals surface area contributed by atoms with E-state index in [2.05, 4.69) is 4.90 Å². The van der Waals surface area contributed by atoms with Crippen molar-refractivity contribution in [2.24, 2.45) is 0 Å². The number of rotatable bonds is 7. The molecule has 1 aliphatic heterocycles. The van der Waals surface area contributed by atoms with Crippen molar-refractivity contribution >= 4 is 34.8 Å². The van der Waals surface area contributed by atoms with Gasteiger partial charge in [-0.3, -0.25) is 5.41 Å². The Bertz CT molecular complexity index is 562. The van der Waals surface area contributed by atoms with E-state index in [0.717, 1.165) is 31.6 Å². The standard InChI is InChI=1S/C18H25Cl2FN2O/c1-2-24-18(22)13(7-6-8-19)14-11-17(15(20)12-16(14)21)23-9-4-3-5-10-23/h11-13,22H,2-10H2,1H3. The summed E-state index contributed by atoms with van der Waals surface area (Å²) in [6.45, 7) is 4.08. The molecule has 0 aliphatic carbocycles. The minimum absolute atomic E-state index is 0.0911. The van der Waals surface area contributed by atoms with Crippen LogP contribution in [0.15, 0.2) is 12.1 Å². The number of nitrogens with one attached hydrogen (secondary N) is 1. The normalized spacial score (nSPS) is 16.1. The van der Waals surface area contributed by atoms with Crippen molar-refractivity contribution in [2.75, 3.05) is 30.5 Å². The highest BCUT2D eigenvalue weighted by Gasteiger charge is 2.25. The molecule has 0 radical (unpaired) electrons. The number of benzene rings is 1. The van der Waals surface area contributed by atoms with Gasteiger partial charge in [-0.1, -0.05) is 11.6 Å². The van der Waals surface area contributed by atoms with Gasteiger partial charge in [-0.05, 0) is 51.2 Å². The minimum Gasteiger partial charge on any atom is -0.481 e. The summed E-state index contributed by atoms with van der Waals surface area (Å²) in [6, 6.07) is 3.17. The van der Waals surface area contributed by atoms with Gasteiger partial charge < -0.3 is 9.64 Å². The fourth-order valence-electron chi connectivity index (χ4n) is 3.16. The fraction of sp³-hybridized carbons (Fsp3) is 0.611. The van der Waals surface area contributed by atoms with E-state index in [4.69, 9.17) is 33.3 Å². The number of hydrogen-bond acceptors (Lipinski definition) is 3.